The van der Waals surface area contributed by atoms with Gasteiger partial charge in [0.1, 0.15) is 9.77 Å². The summed E-state index contributed by atoms with van der Waals surface area (Å²) in [6.07, 6.45) is 1.65. The van der Waals surface area contributed by atoms with Crippen molar-refractivity contribution in [2.24, 2.45) is 0 Å². The molecule has 0 saturated carbocycles. The summed E-state index contributed by atoms with van der Waals surface area (Å²) in [5.41, 5.74) is 1.25. The van der Waals surface area contributed by atoms with Crippen LogP contribution in [0.3, 0.4) is 0 Å². The number of benzene rings is 1. The van der Waals surface area contributed by atoms with Crippen molar-refractivity contribution in [3.8, 4) is 0 Å². The summed E-state index contributed by atoms with van der Waals surface area (Å²) in [4.78, 5) is 26.5. The normalized spacial score (nSPS) is 15.5. The number of nitrogens with zero attached hydrogens (tertiary/aromatic N) is 1. The molecule has 0 atom stereocenters. The molecule has 0 aliphatic carbocycles. The van der Waals surface area contributed by atoms with Gasteiger partial charge in [0, 0.05) is 18.8 Å². The van der Waals surface area contributed by atoms with Gasteiger partial charge >= 0.3 is 5.76 Å². The fourth-order valence-electron chi connectivity index (χ4n) is 2.95. The van der Waals surface area contributed by atoms with E-state index in [4.69, 9.17) is 4.42 Å². The second-order valence-electron chi connectivity index (χ2n) is 5.90. The van der Waals surface area contributed by atoms with E-state index in [9.17, 15) is 18.0 Å². The summed E-state index contributed by atoms with van der Waals surface area (Å²) >= 11 is 1.08. The smallest absolute Gasteiger partial charge is 0.408 e. The van der Waals surface area contributed by atoms with Crippen molar-refractivity contribution in [1.82, 2.24) is 9.29 Å². The average Bonchev–Trinajstić information content (AvgIpc) is 3.34. The zero-order valence-electron chi connectivity index (χ0n) is 13.5. The lowest BCUT2D eigenvalue weighted by atomic mass is 10.3. The third-order valence-electron chi connectivity index (χ3n) is 4.20. The van der Waals surface area contributed by atoms with Crippen molar-refractivity contribution in [2.45, 2.75) is 17.7 Å². The van der Waals surface area contributed by atoms with Crippen molar-refractivity contribution < 1.29 is 17.6 Å². The fourth-order valence-corrected chi connectivity index (χ4v) is 5.76. The second-order valence-corrected chi connectivity index (χ2v) is 8.73. The minimum Gasteiger partial charge on any atom is -0.408 e. The highest BCUT2D eigenvalue weighted by atomic mass is 32.2. The van der Waals surface area contributed by atoms with Crippen LogP contribution in [0.15, 0.2) is 43.8 Å². The lowest BCUT2D eigenvalue weighted by Crippen LogP contribution is -2.29. The molecule has 1 aromatic carbocycles. The molecule has 1 saturated heterocycles. The van der Waals surface area contributed by atoms with Crippen LogP contribution in [0, 0.1) is 0 Å². The standard InChI is InChI=1S/C16H15N3O5S2/c20-15(17-10-3-4-12-11(9-10)18-16(21)24-12)14-13(5-8-25-14)26(22,23)19-6-1-2-7-19/h3-5,8-9H,1-2,6-7H2,(H,17,20)(H,18,21). The third kappa shape index (κ3) is 2.96. The van der Waals surface area contributed by atoms with Crippen molar-refractivity contribution in [2.75, 3.05) is 18.4 Å². The van der Waals surface area contributed by atoms with E-state index in [1.54, 1.807) is 23.6 Å². The first-order valence-electron chi connectivity index (χ1n) is 7.97. The first-order valence-corrected chi connectivity index (χ1v) is 10.3. The number of amides is 1. The molecule has 0 unspecified atom stereocenters. The fraction of sp³-hybridized carbons (Fsp3) is 0.250. The van der Waals surface area contributed by atoms with Crippen LogP contribution in [0.5, 0.6) is 0 Å². The number of hydrogen-bond donors (Lipinski definition) is 2. The monoisotopic (exact) mass is 393 g/mol. The summed E-state index contributed by atoms with van der Waals surface area (Å²) in [6, 6.07) is 6.16. The van der Waals surface area contributed by atoms with Crippen LogP contribution in [-0.4, -0.2) is 36.7 Å². The van der Waals surface area contributed by atoms with Gasteiger partial charge in [0.15, 0.2) is 5.58 Å². The summed E-state index contributed by atoms with van der Waals surface area (Å²) < 4.78 is 31.8. The van der Waals surface area contributed by atoms with Gasteiger partial charge in [0.25, 0.3) is 5.91 Å². The van der Waals surface area contributed by atoms with E-state index in [2.05, 4.69) is 10.3 Å². The topological polar surface area (TPSA) is 112 Å². The lowest BCUT2D eigenvalue weighted by molar-refractivity contribution is 0.102. The molecule has 0 spiro atoms. The Morgan fingerprint density at radius 3 is 2.77 bits per heavy atom. The quantitative estimate of drug-likeness (QED) is 0.706. The first kappa shape index (κ1) is 17.0. The minimum atomic E-state index is -3.67. The molecule has 0 radical (unpaired) electrons. The predicted octanol–water partition coefficient (Wildman–Crippen LogP) is 2.22. The number of rotatable bonds is 4. The highest BCUT2D eigenvalue weighted by Gasteiger charge is 2.31. The maximum absolute atomic E-state index is 12.8. The van der Waals surface area contributed by atoms with Crippen molar-refractivity contribution in [1.29, 1.82) is 0 Å². The molecular formula is C16H15N3O5S2. The third-order valence-corrected chi connectivity index (χ3v) is 7.18. The molecule has 136 valence electrons. The number of anilines is 1. The molecule has 4 rings (SSSR count). The van der Waals surface area contributed by atoms with Crippen LogP contribution in [-0.2, 0) is 10.0 Å². The summed E-state index contributed by atoms with van der Waals surface area (Å²) in [6.45, 7) is 0.952. The molecule has 3 aromatic rings. The highest BCUT2D eigenvalue weighted by Crippen LogP contribution is 2.28. The first-order chi connectivity index (χ1) is 12.4. The number of H-pyrrole nitrogens is 1. The summed E-state index contributed by atoms with van der Waals surface area (Å²) in [5, 5.41) is 4.27. The summed E-state index contributed by atoms with van der Waals surface area (Å²) in [5.74, 6) is -1.09. The zero-order chi connectivity index (χ0) is 18.3. The second kappa shape index (κ2) is 6.38. The van der Waals surface area contributed by atoms with E-state index in [0.29, 0.717) is 29.9 Å². The van der Waals surface area contributed by atoms with Gasteiger partial charge < -0.3 is 9.73 Å². The molecule has 8 nitrogen and oxygen atoms in total. The Balaban J connectivity index is 1.62. The van der Waals surface area contributed by atoms with Crippen LogP contribution in [0.2, 0.25) is 0 Å². The zero-order valence-corrected chi connectivity index (χ0v) is 15.2. The van der Waals surface area contributed by atoms with E-state index >= 15 is 0 Å². The van der Waals surface area contributed by atoms with Gasteiger partial charge in [-0.05, 0) is 42.5 Å². The Morgan fingerprint density at radius 2 is 2.00 bits per heavy atom. The Labute approximate surface area is 152 Å². The van der Waals surface area contributed by atoms with Gasteiger partial charge in [-0.15, -0.1) is 11.3 Å². The Bertz CT molecular complexity index is 1140. The van der Waals surface area contributed by atoms with Gasteiger partial charge in [-0.1, -0.05) is 0 Å². The molecular weight excluding hydrogens is 378 g/mol. The lowest BCUT2D eigenvalue weighted by Gasteiger charge is -2.15. The molecule has 2 aromatic heterocycles. The molecule has 1 aliphatic heterocycles. The van der Waals surface area contributed by atoms with Crippen molar-refractivity contribution in [3.63, 3.8) is 0 Å². The molecule has 2 N–H and O–H groups in total. The number of oxazole rings is 1. The van der Waals surface area contributed by atoms with E-state index < -0.39 is 21.7 Å². The molecule has 0 bridgehead atoms. The number of aromatic amines is 1. The van der Waals surface area contributed by atoms with Crippen LogP contribution in [0.25, 0.3) is 11.1 Å². The number of carbonyl (C=O) groups excluding carboxylic acids is 1. The van der Waals surface area contributed by atoms with E-state index in [1.807, 2.05) is 0 Å². The van der Waals surface area contributed by atoms with Gasteiger partial charge in [-0.3, -0.25) is 9.78 Å². The SMILES string of the molecule is O=C(Nc1ccc2oc(=O)[nH]c2c1)c1sccc1S(=O)(=O)N1CCCC1. The van der Waals surface area contributed by atoms with Crippen LogP contribution in [0.4, 0.5) is 5.69 Å². The van der Waals surface area contributed by atoms with Gasteiger partial charge in [0.2, 0.25) is 10.0 Å². The van der Waals surface area contributed by atoms with Crippen LogP contribution < -0.4 is 11.1 Å². The number of fused-ring (bicyclic) bond motifs is 1. The predicted molar refractivity (Wildman–Crippen MR) is 97.1 cm³/mol. The Kier molecular flexibility index (Phi) is 4.17. The Morgan fingerprint density at radius 1 is 1.23 bits per heavy atom. The maximum Gasteiger partial charge on any atom is 0.417 e. The largest absolute Gasteiger partial charge is 0.417 e. The molecule has 1 fully saturated rings. The van der Waals surface area contributed by atoms with Gasteiger partial charge in [-0.2, -0.15) is 4.31 Å². The molecule has 1 amide bonds. The van der Waals surface area contributed by atoms with Crippen molar-refractivity contribution in [3.05, 3.63) is 45.1 Å². The van der Waals surface area contributed by atoms with Gasteiger partial charge in [-0.25, -0.2) is 13.2 Å². The molecule has 1 aliphatic rings. The maximum atomic E-state index is 12.8. The molecule has 3 heterocycles. The number of aromatic nitrogens is 1. The van der Waals surface area contributed by atoms with E-state index in [-0.39, 0.29) is 9.77 Å². The Hall–Kier alpha value is -2.43. The number of thiophene rings is 1. The molecule has 26 heavy (non-hydrogen) atoms. The number of carbonyl (C=O) groups is 1. The average molecular weight is 393 g/mol. The number of nitrogens with one attached hydrogen (secondary N) is 2. The number of sulfonamides is 1. The summed E-state index contributed by atoms with van der Waals surface area (Å²) in [7, 11) is -3.67. The van der Waals surface area contributed by atoms with Crippen LogP contribution in [0.1, 0.15) is 22.5 Å². The molecule has 10 heteroatoms. The van der Waals surface area contributed by atoms with Crippen molar-refractivity contribution >= 4 is 44.1 Å². The van der Waals surface area contributed by atoms with Gasteiger partial charge in [0.05, 0.1) is 5.52 Å². The van der Waals surface area contributed by atoms with E-state index in [0.717, 1.165) is 24.2 Å². The van der Waals surface area contributed by atoms with E-state index in [1.165, 1.54) is 10.4 Å². The van der Waals surface area contributed by atoms with Crippen LogP contribution >= 0.6 is 11.3 Å². The minimum absolute atomic E-state index is 0.0275. The highest BCUT2D eigenvalue weighted by molar-refractivity contribution is 7.89. The number of hydrogen-bond acceptors (Lipinski definition) is 6.